The van der Waals surface area contributed by atoms with Crippen molar-refractivity contribution in [1.29, 1.82) is 0 Å². The molecule has 0 aromatic carbocycles. The Morgan fingerprint density at radius 3 is 2.25 bits per heavy atom. The zero-order valence-corrected chi connectivity index (χ0v) is 10.9. The Labute approximate surface area is 103 Å². The molecule has 0 amide bonds. The maximum atomic E-state index is 5.86. The Morgan fingerprint density at radius 1 is 1.12 bits per heavy atom. The molecule has 1 heterocycles. The fourth-order valence-electron chi connectivity index (χ4n) is 1.52. The highest BCUT2D eigenvalue weighted by Gasteiger charge is 2.07. The highest BCUT2D eigenvalue weighted by atomic mass is 35.5. The van der Waals surface area contributed by atoms with E-state index in [0.717, 1.165) is 18.9 Å². The maximum absolute atomic E-state index is 5.86. The van der Waals surface area contributed by atoms with Gasteiger partial charge in [0.2, 0.25) is 0 Å². The lowest BCUT2D eigenvalue weighted by Gasteiger charge is -2.23. The summed E-state index contributed by atoms with van der Waals surface area (Å²) in [6.07, 6.45) is 8.10. The number of nitrogens with zero attached hydrogens (tertiary/aromatic N) is 3. The molecular formula is C12H20ClN3. The van der Waals surface area contributed by atoms with Gasteiger partial charge in [-0.3, -0.25) is 4.98 Å². The first-order valence-corrected chi connectivity index (χ1v) is 6.38. The van der Waals surface area contributed by atoms with Gasteiger partial charge >= 0.3 is 0 Å². The monoisotopic (exact) mass is 241 g/mol. The third kappa shape index (κ3) is 4.35. The predicted molar refractivity (Wildman–Crippen MR) is 69.1 cm³/mol. The largest absolute Gasteiger partial charge is 0.355 e. The van der Waals surface area contributed by atoms with Crippen LogP contribution in [0.3, 0.4) is 0 Å². The molecule has 0 atom stereocenters. The molecule has 0 aliphatic heterocycles. The van der Waals surface area contributed by atoms with E-state index >= 15 is 0 Å². The molecule has 0 N–H and O–H groups in total. The zero-order valence-electron chi connectivity index (χ0n) is 10.1. The van der Waals surface area contributed by atoms with E-state index in [9.17, 15) is 0 Å². The molecule has 0 saturated carbocycles. The molecule has 16 heavy (non-hydrogen) atoms. The van der Waals surface area contributed by atoms with Crippen LogP contribution in [0.1, 0.15) is 39.5 Å². The van der Waals surface area contributed by atoms with Crippen LogP contribution in [-0.4, -0.2) is 23.1 Å². The molecule has 0 bridgehead atoms. The van der Waals surface area contributed by atoms with E-state index in [1.165, 1.54) is 25.7 Å². The highest BCUT2D eigenvalue weighted by Crippen LogP contribution is 2.14. The molecule has 0 aliphatic rings. The lowest BCUT2D eigenvalue weighted by molar-refractivity contribution is 0.670. The standard InChI is InChI=1S/C12H20ClN3/c1-3-5-7-16(8-6-4-2)12-10-14-9-11(13)15-12/h9-10H,3-8H2,1-2H3. The van der Waals surface area contributed by atoms with Gasteiger partial charge in [0.25, 0.3) is 0 Å². The van der Waals surface area contributed by atoms with Crippen molar-refractivity contribution in [2.45, 2.75) is 39.5 Å². The van der Waals surface area contributed by atoms with Gasteiger partial charge in [-0.25, -0.2) is 4.98 Å². The average Bonchev–Trinajstić information content (AvgIpc) is 2.29. The van der Waals surface area contributed by atoms with Crippen molar-refractivity contribution in [1.82, 2.24) is 9.97 Å². The second-order valence-electron chi connectivity index (χ2n) is 3.89. The average molecular weight is 242 g/mol. The molecule has 0 spiro atoms. The summed E-state index contributed by atoms with van der Waals surface area (Å²) < 4.78 is 0. The summed E-state index contributed by atoms with van der Waals surface area (Å²) in [6, 6.07) is 0. The van der Waals surface area contributed by atoms with E-state index in [1.807, 2.05) is 0 Å². The van der Waals surface area contributed by atoms with Crippen LogP contribution < -0.4 is 4.90 Å². The first kappa shape index (κ1) is 13.2. The third-order valence-electron chi connectivity index (χ3n) is 2.48. The summed E-state index contributed by atoms with van der Waals surface area (Å²) in [5, 5.41) is 0.468. The number of anilines is 1. The van der Waals surface area contributed by atoms with Crippen LogP contribution in [0.5, 0.6) is 0 Å². The molecule has 3 nitrogen and oxygen atoms in total. The number of rotatable bonds is 7. The van der Waals surface area contributed by atoms with E-state index in [4.69, 9.17) is 11.6 Å². The Kier molecular flexibility index (Phi) is 6.16. The first-order valence-electron chi connectivity index (χ1n) is 6.00. The van der Waals surface area contributed by atoms with Gasteiger partial charge < -0.3 is 4.90 Å². The van der Waals surface area contributed by atoms with Gasteiger partial charge in [-0.1, -0.05) is 38.3 Å². The third-order valence-corrected chi connectivity index (χ3v) is 2.66. The highest BCUT2D eigenvalue weighted by molar-refractivity contribution is 6.29. The van der Waals surface area contributed by atoms with Gasteiger partial charge in [-0.05, 0) is 12.8 Å². The van der Waals surface area contributed by atoms with E-state index in [-0.39, 0.29) is 0 Å². The maximum Gasteiger partial charge on any atom is 0.149 e. The summed E-state index contributed by atoms with van der Waals surface area (Å²) in [7, 11) is 0. The van der Waals surface area contributed by atoms with Crippen LogP contribution in [0, 0.1) is 0 Å². The summed E-state index contributed by atoms with van der Waals surface area (Å²) in [4.78, 5) is 10.7. The Hall–Kier alpha value is -0.830. The summed E-state index contributed by atoms with van der Waals surface area (Å²) in [5.41, 5.74) is 0. The molecule has 1 aromatic rings. The van der Waals surface area contributed by atoms with Crippen molar-refractivity contribution in [2.75, 3.05) is 18.0 Å². The number of hydrogen-bond acceptors (Lipinski definition) is 3. The second-order valence-corrected chi connectivity index (χ2v) is 4.28. The van der Waals surface area contributed by atoms with Gasteiger partial charge in [0.1, 0.15) is 11.0 Å². The molecule has 1 aromatic heterocycles. The van der Waals surface area contributed by atoms with Gasteiger partial charge in [-0.15, -0.1) is 0 Å². The Balaban J connectivity index is 2.66. The number of hydrogen-bond donors (Lipinski definition) is 0. The van der Waals surface area contributed by atoms with E-state index < -0.39 is 0 Å². The molecule has 0 unspecified atom stereocenters. The Morgan fingerprint density at radius 2 is 1.75 bits per heavy atom. The van der Waals surface area contributed by atoms with Crippen LogP contribution in [0.4, 0.5) is 5.82 Å². The second kappa shape index (κ2) is 7.44. The number of unbranched alkanes of at least 4 members (excludes halogenated alkanes) is 2. The fourth-order valence-corrected chi connectivity index (χ4v) is 1.67. The van der Waals surface area contributed by atoms with Crippen molar-refractivity contribution in [3.63, 3.8) is 0 Å². The topological polar surface area (TPSA) is 29.0 Å². The first-order chi connectivity index (χ1) is 7.77. The lowest BCUT2D eigenvalue weighted by atomic mass is 10.2. The van der Waals surface area contributed by atoms with Crippen LogP contribution >= 0.6 is 11.6 Å². The molecular weight excluding hydrogens is 222 g/mol. The predicted octanol–water partition coefficient (Wildman–Crippen LogP) is 3.54. The van der Waals surface area contributed by atoms with Gasteiger partial charge in [0, 0.05) is 13.1 Å². The van der Waals surface area contributed by atoms with Crippen molar-refractivity contribution >= 4 is 17.4 Å². The van der Waals surface area contributed by atoms with Crippen LogP contribution in [-0.2, 0) is 0 Å². The lowest BCUT2D eigenvalue weighted by Crippen LogP contribution is -2.26. The minimum atomic E-state index is 0.468. The molecule has 0 saturated heterocycles. The summed E-state index contributed by atoms with van der Waals surface area (Å²) >= 11 is 5.86. The molecule has 0 radical (unpaired) electrons. The summed E-state index contributed by atoms with van der Waals surface area (Å²) in [6.45, 7) is 6.46. The van der Waals surface area contributed by atoms with Crippen molar-refractivity contribution in [2.24, 2.45) is 0 Å². The van der Waals surface area contributed by atoms with Crippen molar-refractivity contribution in [3.8, 4) is 0 Å². The quantitative estimate of drug-likeness (QED) is 0.731. The zero-order chi connectivity index (χ0) is 11.8. The van der Waals surface area contributed by atoms with Crippen LogP contribution in [0.25, 0.3) is 0 Å². The van der Waals surface area contributed by atoms with Crippen molar-refractivity contribution < 1.29 is 0 Å². The molecule has 0 aliphatic carbocycles. The normalized spacial score (nSPS) is 10.4. The van der Waals surface area contributed by atoms with E-state index in [2.05, 4.69) is 28.7 Å². The Bertz CT molecular complexity index is 296. The smallest absolute Gasteiger partial charge is 0.149 e. The van der Waals surface area contributed by atoms with Gasteiger partial charge in [0.15, 0.2) is 0 Å². The SMILES string of the molecule is CCCCN(CCCC)c1cncc(Cl)n1. The molecule has 90 valence electrons. The molecule has 1 rings (SSSR count). The molecule has 0 fully saturated rings. The fraction of sp³-hybridized carbons (Fsp3) is 0.667. The minimum Gasteiger partial charge on any atom is -0.355 e. The number of halogens is 1. The van der Waals surface area contributed by atoms with Crippen LogP contribution in [0.2, 0.25) is 5.15 Å². The number of aromatic nitrogens is 2. The van der Waals surface area contributed by atoms with Crippen molar-refractivity contribution in [3.05, 3.63) is 17.5 Å². The molecule has 4 heteroatoms. The van der Waals surface area contributed by atoms with Crippen LogP contribution in [0.15, 0.2) is 12.4 Å². The minimum absolute atomic E-state index is 0.468. The van der Waals surface area contributed by atoms with Gasteiger partial charge in [-0.2, -0.15) is 0 Å². The summed E-state index contributed by atoms with van der Waals surface area (Å²) in [5.74, 6) is 0.898. The van der Waals surface area contributed by atoms with E-state index in [1.54, 1.807) is 12.4 Å². The van der Waals surface area contributed by atoms with E-state index in [0.29, 0.717) is 5.15 Å². The van der Waals surface area contributed by atoms with Gasteiger partial charge in [0.05, 0.1) is 12.4 Å².